The van der Waals surface area contributed by atoms with Crippen LogP contribution < -0.4 is 15.7 Å². The van der Waals surface area contributed by atoms with Gasteiger partial charge in [0.1, 0.15) is 5.58 Å². The lowest BCUT2D eigenvalue weighted by molar-refractivity contribution is 0.102. The molecule has 180 valence electrons. The van der Waals surface area contributed by atoms with E-state index in [1.54, 1.807) is 23.6 Å². The predicted octanol–water partition coefficient (Wildman–Crippen LogP) is 5.62. The summed E-state index contributed by atoms with van der Waals surface area (Å²) in [5, 5.41) is 5.84. The van der Waals surface area contributed by atoms with Crippen molar-refractivity contribution in [2.75, 3.05) is 10.0 Å². The molecule has 0 aliphatic rings. The highest BCUT2D eigenvalue weighted by molar-refractivity contribution is 7.92. The lowest BCUT2D eigenvalue weighted by Crippen LogP contribution is -2.14. The molecular weight excluding hydrogens is 522 g/mol. The minimum atomic E-state index is -3.80. The maximum Gasteiger partial charge on any atom is 0.345 e. The van der Waals surface area contributed by atoms with Crippen LogP contribution in [-0.2, 0) is 10.0 Å². The molecule has 0 aliphatic heterocycles. The molecule has 0 saturated carbocycles. The molecule has 2 aromatic heterocycles. The molecule has 0 radical (unpaired) electrons. The topological polar surface area (TPSA) is 118 Å². The first kappa shape index (κ1) is 23.7. The van der Waals surface area contributed by atoms with Crippen LogP contribution in [0.5, 0.6) is 0 Å². The van der Waals surface area contributed by atoms with E-state index in [1.165, 1.54) is 59.9 Å². The van der Waals surface area contributed by atoms with Crippen molar-refractivity contribution in [2.45, 2.75) is 4.90 Å². The molecule has 8 nitrogen and oxygen atoms in total. The molecule has 0 bridgehead atoms. The number of benzene rings is 3. The second kappa shape index (κ2) is 9.57. The first-order valence-corrected chi connectivity index (χ1v) is 13.2. The largest absolute Gasteiger partial charge is 0.422 e. The molecule has 0 saturated heterocycles. The summed E-state index contributed by atoms with van der Waals surface area (Å²) in [4.78, 5) is 29.5. The van der Waals surface area contributed by atoms with Crippen LogP contribution in [0.3, 0.4) is 0 Å². The van der Waals surface area contributed by atoms with Gasteiger partial charge in [0, 0.05) is 27.0 Å². The Labute approximate surface area is 214 Å². The van der Waals surface area contributed by atoms with E-state index in [-0.39, 0.29) is 4.90 Å². The quantitative estimate of drug-likeness (QED) is 0.271. The fourth-order valence-electron chi connectivity index (χ4n) is 3.38. The van der Waals surface area contributed by atoms with Crippen LogP contribution >= 0.6 is 22.9 Å². The molecule has 5 rings (SSSR count). The Morgan fingerprint density at radius 3 is 2.44 bits per heavy atom. The first-order chi connectivity index (χ1) is 17.3. The summed E-state index contributed by atoms with van der Waals surface area (Å²) < 4.78 is 32.8. The van der Waals surface area contributed by atoms with E-state index in [1.807, 2.05) is 12.1 Å². The normalized spacial score (nSPS) is 11.4. The standard InChI is InChI=1S/C25H16ClN3O5S2/c26-17-7-11-19(12-8-17)36(32,33)29-18-9-5-15(6-10-18)23(30)28-25-27-21(14-35-25)20-13-16-3-1-2-4-22(16)34-24(20)31/h1-14,29H,(H,27,28,30). The number of halogens is 1. The van der Waals surface area contributed by atoms with Crippen LogP contribution in [0.15, 0.2) is 98.4 Å². The number of rotatable bonds is 6. The van der Waals surface area contributed by atoms with Crippen LogP contribution in [0.2, 0.25) is 5.02 Å². The maximum atomic E-state index is 12.7. The van der Waals surface area contributed by atoms with Gasteiger partial charge in [-0.05, 0) is 60.7 Å². The van der Waals surface area contributed by atoms with Crippen molar-refractivity contribution >= 4 is 60.7 Å². The van der Waals surface area contributed by atoms with Gasteiger partial charge in [-0.15, -0.1) is 11.3 Å². The van der Waals surface area contributed by atoms with E-state index < -0.39 is 21.6 Å². The molecule has 5 aromatic rings. The third kappa shape index (κ3) is 5.01. The van der Waals surface area contributed by atoms with Crippen molar-refractivity contribution in [3.8, 4) is 11.3 Å². The Hall–Kier alpha value is -3.99. The van der Waals surface area contributed by atoms with Crippen molar-refractivity contribution in [1.29, 1.82) is 0 Å². The number of sulfonamides is 1. The number of hydrogen-bond donors (Lipinski definition) is 2. The lowest BCUT2D eigenvalue weighted by Gasteiger charge is -2.09. The van der Waals surface area contributed by atoms with Crippen molar-refractivity contribution in [3.63, 3.8) is 0 Å². The first-order valence-electron chi connectivity index (χ1n) is 10.5. The minimum Gasteiger partial charge on any atom is -0.422 e. The summed E-state index contributed by atoms with van der Waals surface area (Å²) >= 11 is 6.98. The van der Waals surface area contributed by atoms with E-state index in [9.17, 15) is 18.0 Å². The zero-order chi connectivity index (χ0) is 25.3. The van der Waals surface area contributed by atoms with E-state index in [2.05, 4.69) is 15.0 Å². The molecular formula is C25H16ClN3O5S2. The van der Waals surface area contributed by atoms with Crippen LogP contribution in [-0.4, -0.2) is 19.3 Å². The van der Waals surface area contributed by atoms with Crippen LogP contribution in [0.25, 0.3) is 22.2 Å². The molecule has 0 spiro atoms. The van der Waals surface area contributed by atoms with Gasteiger partial charge in [-0.3, -0.25) is 14.8 Å². The molecule has 0 atom stereocenters. The van der Waals surface area contributed by atoms with Gasteiger partial charge in [0.15, 0.2) is 5.13 Å². The number of amides is 1. The number of anilines is 2. The SMILES string of the molecule is O=C(Nc1nc(-c2cc3ccccc3oc2=O)cs1)c1ccc(NS(=O)(=O)c2ccc(Cl)cc2)cc1. The molecule has 0 fully saturated rings. The Morgan fingerprint density at radius 2 is 1.69 bits per heavy atom. The van der Waals surface area contributed by atoms with Crippen LogP contribution in [0, 0.1) is 0 Å². The molecule has 1 amide bonds. The number of aromatic nitrogens is 1. The summed E-state index contributed by atoms with van der Waals surface area (Å²) in [6, 6.07) is 20.6. The number of nitrogens with one attached hydrogen (secondary N) is 2. The van der Waals surface area contributed by atoms with E-state index >= 15 is 0 Å². The highest BCUT2D eigenvalue weighted by Crippen LogP contribution is 2.26. The molecule has 2 N–H and O–H groups in total. The van der Waals surface area contributed by atoms with E-state index in [0.717, 1.165) is 5.39 Å². The van der Waals surface area contributed by atoms with Crippen molar-refractivity contribution < 1.29 is 17.6 Å². The monoisotopic (exact) mass is 537 g/mol. The summed E-state index contributed by atoms with van der Waals surface area (Å²) in [6.45, 7) is 0. The Balaban J connectivity index is 1.29. The van der Waals surface area contributed by atoms with Gasteiger partial charge < -0.3 is 4.42 Å². The second-order valence-corrected chi connectivity index (χ2v) is 10.6. The van der Waals surface area contributed by atoms with Crippen LogP contribution in [0.1, 0.15) is 10.4 Å². The highest BCUT2D eigenvalue weighted by Gasteiger charge is 2.16. The molecule has 11 heteroatoms. The highest BCUT2D eigenvalue weighted by atomic mass is 35.5. The van der Waals surface area contributed by atoms with Crippen LogP contribution in [0.4, 0.5) is 10.8 Å². The lowest BCUT2D eigenvalue weighted by atomic mass is 10.1. The zero-order valence-electron chi connectivity index (χ0n) is 18.3. The molecule has 3 aromatic carbocycles. The molecule has 2 heterocycles. The summed E-state index contributed by atoms with van der Waals surface area (Å²) in [6.07, 6.45) is 0. The van der Waals surface area contributed by atoms with Gasteiger partial charge in [0.2, 0.25) is 0 Å². The fourth-order valence-corrected chi connectivity index (χ4v) is 5.27. The molecule has 0 unspecified atom stereocenters. The van der Waals surface area contributed by atoms with Crippen molar-refractivity contribution in [3.05, 3.63) is 105 Å². The van der Waals surface area contributed by atoms with Gasteiger partial charge in [-0.1, -0.05) is 29.8 Å². The average molecular weight is 538 g/mol. The molecule has 0 aliphatic carbocycles. The van der Waals surface area contributed by atoms with Crippen molar-refractivity contribution in [2.24, 2.45) is 0 Å². The van der Waals surface area contributed by atoms with Gasteiger partial charge in [0.25, 0.3) is 15.9 Å². The number of thiazole rings is 1. The Kier molecular flexibility index (Phi) is 6.31. The van der Waals surface area contributed by atoms with Gasteiger partial charge in [-0.2, -0.15) is 0 Å². The zero-order valence-corrected chi connectivity index (χ0v) is 20.7. The van der Waals surface area contributed by atoms with E-state index in [4.69, 9.17) is 16.0 Å². The molecule has 36 heavy (non-hydrogen) atoms. The summed E-state index contributed by atoms with van der Waals surface area (Å²) in [7, 11) is -3.80. The minimum absolute atomic E-state index is 0.0637. The van der Waals surface area contributed by atoms with Gasteiger partial charge in [0.05, 0.1) is 16.2 Å². The number of hydrogen-bond acceptors (Lipinski definition) is 7. The van der Waals surface area contributed by atoms with Gasteiger partial charge in [-0.25, -0.2) is 18.2 Å². The van der Waals surface area contributed by atoms with E-state index in [0.29, 0.717) is 38.2 Å². The number of carbonyl (C=O) groups excluding carboxylic acids is 1. The third-order valence-corrected chi connectivity index (χ3v) is 7.57. The van der Waals surface area contributed by atoms with Gasteiger partial charge >= 0.3 is 5.63 Å². The number of nitrogens with zero attached hydrogens (tertiary/aromatic N) is 1. The fraction of sp³-hybridized carbons (Fsp3) is 0. The second-order valence-electron chi connectivity index (χ2n) is 7.61. The number of para-hydroxylation sites is 1. The number of fused-ring (bicyclic) bond motifs is 1. The van der Waals surface area contributed by atoms with Crippen molar-refractivity contribution in [1.82, 2.24) is 4.98 Å². The number of carbonyl (C=O) groups is 1. The Bertz CT molecular complexity index is 1750. The maximum absolute atomic E-state index is 12.7. The predicted molar refractivity (Wildman–Crippen MR) is 140 cm³/mol. The summed E-state index contributed by atoms with van der Waals surface area (Å²) in [5.74, 6) is -0.437. The smallest absolute Gasteiger partial charge is 0.345 e. The third-order valence-electron chi connectivity index (χ3n) is 5.17. The Morgan fingerprint density at radius 1 is 0.972 bits per heavy atom. The average Bonchev–Trinajstić information content (AvgIpc) is 3.32. The summed E-state index contributed by atoms with van der Waals surface area (Å²) in [5.41, 5.74) is 1.24.